The van der Waals surface area contributed by atoms with Gasteiger partial charge >= 0.3 is 0 Å². The Morgan fingerprint density at radius 3 is 2.55 bits per heavy atom. The van der Waals surface area contributed by atoms with Crippen molar-refractivity contribution in [3.63, 3.8) is 0 Å². The zero-order valence-electron chi connectivity index (χ0n) is 16.8. The fourth-order valence-corrected chi connectivity index (χ4v) is 4.73. The van der Waals surface area contributed by atoms with Crippen LogP contribution in [0.25, 0.3) is 0 Å². The average molecular weight is 419 g/mol. The molecule has 1 N–H and O–H groups in total. The highest BCUT2D eigenvalue weighted by Gasteiger charge is 2.28. The Bertz CT molecular complexity index is 984. The summed E-state index contributed by atoms with van der Waals surface area (Å²) >= 11 is 0. The number of rotatable bonds is 6. The summed E-state index contributed by atoms with van der Waals surface area (Å²) in [5, 5.41) is 2.75. The predicted octanol–water partition coefficient (Wildman–Crippen LogP) is 2.73. The summed E-state index contributed by atoms with van der Waals surface area (Å²) in [5.74, 6) is 0.247. The first kappa shape index (κ1) is 21.3. The van der Waals surface area contributed by atoms with E-state index in [1.807, 2.05) is 25.1 Å². The lowest BCUT2D eigenvalue weighted by Gasteiger charge is -2.27. The van der Waals surface area contributed by atoms with E-state index >= 15 is 0 Å². The quantitative estimate of drug-likeness (QED) is 0.780. The van der Waals surface area contributed by atoms with Gasteiger partial charge in [0.2, 0.25) is 10.0 Å². The first-order valence-electron chi connectivity index (χ1n) is 9.50. The molecule has 8 heteroatoms. The van der Waals surface area contributed by atoms with Crippen molar-refractivity contribution in [3.8, 4) is 5.75 Å². The lowest BCUT2D eigenvalue weighted by atomic mass is 10.2. The zero-order valence-corrected chi connectivity index (χ0v) is 17.7. The third kappa shape index (κ3) is 5.14. The number of carbonyl (C=O) groups excluding carboxylic acids is 1. The van der Waals surface area contributed by atoms with Gasteiger partial charge < -0.3 is 14.8 Å². The smallest absolute Gasteiger partial charge is 0.265 e. The van der Waals surface area contributed by atoms with Crippen molar-refractivity contribution < 1.29 is 22.7 Å². The van der Waals surface area contributed by atoms with Crippen LogP contribution in [0.3, 0.4) is 0 Å². The molecule has 1 heterocycles. The summed E-state index contributed by atoms with van der Waals surface area (Å²) in [7, 11) is -3.65. The minimum Gasteiger partial charge on any atom is -0.481 e. The van der Waals surface area contributed by atoms with E-state index in [0.29, 0.717) is 43.3 Å². The number of ether oxygens (including phenoxy) is 2. The first-order valence-corrected chi connectivity index (χ1v) is 10.9. The SMILES string of the molecule is Cc1cccc(O[C@@H](C)C(=O)Nc2ccc(C)c(S(=O)(=O)N3CCOCC3)c2)c1. The topological polar surface area (TPSA) is 84.9 Å². The standard InChI is InChI=1S/C21H26N2O5S/c1-15-5-4-6-19(13-15)28-17(3)21(24)22-18-8-7-16(2)20(14-18)29(25,26)23-9-11-27-12-10-23/h4-8,13-14,17H,9-12H2,1-3H3,(H,22,24)/t17-/m0/s1. The molecule has 0 radical (unpaired) electrons. The van der Waals surface area contributed by atoms with Crippen molar-refractivity contribution in [2.75, 3.05) is 31.6 Å². The van der Waals surface area contributed by atoms with Crippen LogP contribution in [0.1, 0.15) is 18.1 Å². The van der Waals surface area contributed by atoms with E-state index in [1.165, 1.54) is 10.4 Å². The van der Waals surface area contributed by atoms with Gasteiger partial charge in [-0.3, -0.25) is 4.79 Å². The molecule has 0 bridgehead atoms. The molecule has 3 rings (SSSR count). The van der Waals surface area contributed by atoms with Gasteiger partial charge in [0, 0.05) is 18.8 Å². The molecule has 0 saturated carbocycles. The molecule has 2 aromatic carbocycles. The van der Waals surface area contributed by atoms with Gasteiger partial charge in [-0.15, -0.1) is 0 Å². The van der Waals surface area contributed by atoms with E-state index in [2.05, 4.69) is 5.32 Å². The van der Waals surface area contributed by atoms with Gasteiger partial charge in [0.05, 0.1) is 18.1 Å². The second-order valence-corrected chi connectivity index (χ2v) is 8.97. The van der Waals surface area contributed by atoms with Crippen LogP contribution in [0.2, 0.25) is 0 Å². The number of nitrogens with zero attached hydrogens (tertiary/aromatic N) is 1. The van der Waals surface area contributed by atoms with Crippen LogP contribution >= 0.6 is 0 Å². The molecule has 1 fully saturated rings. The van der Waals surface area contributed by atoms with Crippen molar-refractivity contribution in [1.29, 1.82) is 0 Å². The number of anilines is 1. The Balaban J connectivity index is 1.74. The fraction of sp³-hybridized carbons (Fsp3) is 0.381. The van der Waals surface area contributed by atoms with E-state index in [0.717, 1.165) is 5.56 Å². The third-order valence-corrected chi connectivity index (χ3v) is 6.76. The third-order valence-electron chi connectivity index (χ3n) is 4.72. The lowest BCUT2D eigenvalue weighted by molar-refractivity contribution is -0.122. The summed E-state index contributed by atoms with van der Waals surface area (Å²) in [5.41, 5.74) is 2.07. The molecule has 1 saturated heterocycles. The molecule has 0 spiro atoms. The number of hydrogen-bond acceptors (Lipinski definition) is 5. The van der Waals surface area contributed by atoms with Gasteiger partial charge in [-0.05, 0) is 56.2 Å². The highest BCUT2D eigenvalue weighted by molar-refractivity contribution is 7.89. The lowest BCUT2D eigenvalue weighted by Crippen LogP contribution is -2.40. The Kier molecular flexibility index (Phi) is 6.56. The zero-order chi connectivity index (χ0) is 21.0. The van der Waals surface area contributed by atoms with Crippen LogP contribution < -0.4 is 10.1 Å². The monoisotopic (exact) mass is 418 g/mol. The van der Waals surface area contributed by atoms with Crippen LogP contribution in [0, 0.1) is 13.8 Å². The van der Waals surface area contributed by atoms with E-state index in [9.17, 15) is 13.2 Å². The van der Waals surface area contributed by atoms with Crippen molar-refractivity contribution in [1.82, 2.24) is 4.31 Å². The van der Waals surface area contributed by atoms with Crippen molar-refractivity contribution in [3.05, 3.63) is 53.6 Å². The molecule has 0 aliphatic carbocycles. The van der Waals surface area contributed by atoms with E-state index in [4.69, 9.17) is 9.47 Å². The van der Waals surface area contributed by atoms with Crippen LogP contribution in [0.15, 0.2) is 47.4 Å². The molecule has 1 aliphatic heterocycles. The van der Waals surface area contributed by atoms with Crippen molar-refractivity contribution >= 4 is 21.6 Å². The second kappa shape index (κ2) is 8.94. The largest absolute Gasteiger partial charge is 0.481 e. The highest BCUT2D eigenvalue weighted by Crippen LogP contribution is 2.25. The van der Waals surface area contributed by atoms with Gasteiger partial charge in [-0.25, -0.2) is 8.42 Å². The van der Waals surface area contributed by atoms with Gasteiger partial charge in [-0.2, -0.15) is 4.31 Å². The summed E-state index contributed by atoms with van der Waals surface area (Å²) in [6.07, 6.45) is -0.739. The number of benzene rings is 2. The molecule has 156 valence electrons. The maximum Gasteiger partial charge on any atom is 0.265 e. The molecular formula is C21H26N2O5S. The highest BCUT2D eigenvalue weighted by atomic mass is 32.2. The first-order chi connectivity index (χ1) is 13.8. The van der Waals surface area contributed by atoms with Crippen LogP contribution in [-0.4, -0.2) is 51.0 Å². The summed E-state index contributed by atoms with van der Waals surface area (Å²) in [6, 6.07) is 12.3. The van der Waals surface area contributed by atoms with Crippen LogP contribution in [0.5, 0.6) is 5.75 Å². The Labute approximate surface area is 171 Å². The summed E-state index contributed by atoms with van der Waals surface area (Å²) in [4.78, 5) is 12.7. The number of amides is 1. The second-order valence-electron chi connectivity index (χ2n) is 7.06. The number of aryl methyl sites for hydroxylation is 2. The van der Waals surface area contributed by atoms with Gasteiger partial charge in [0.25, 0.3) is 5.91 Å². The Morgan fingerprint density at radius 1 is 1.14 bits per heavy atom. The van der Waals surface area contributed by atoms with Gasteiger partial charge in [-0.1, -0.05) is 18.2 Å². The minimum atomic E-state index is -3.65. The number of carbonyl (C=O) groups is 1. The van der Waals surface area contributed by atoms with Gasteiger partial charge in [0.15, 0.2) is 6.10 Å². The number of morpholine rings is 1. The minimum absolute atomic E-state index is 0.185. The van der Waals surface area contributed by atoms with E-state index in [1.54, 1.807) is 32.0 Å². The van der Waals surface area contributed by atoms with E-state index < -0.39 is 16.1 Å². The molecule has 29 heavy (non-hydrogen) atoms. The molecule has 7 nitrogen and oxygen atoms in total. The molecular weight excluding hydrogens is 392 g/mol. The fourth-order valence-electron chi connectivity index (χ4n) is 3.07. The van der Waals surface area contributed by atoms with Gasteiger partial charge in [0.1, 0.15) is 5.75 Å². The Hall–Kier alpha value is -2.42. The molecule has 0 unspecified atom stereocenters. The molecule has 1 atom stereocenters. The summed E-state index contributed by atoms with van der Waals surface area (Å²) < 4.78 is 38.3. The number of hydrogen-bond donors (Lipinski definition) is 1. The average Bonchev–Trinajstić information content (AvgIpc) is 2.70. The maximum atomic E-state index is 13.0. The molecule has 2 aromatic rings. The maximum absolute atomic E-state index is 13.0. The van der Waals surface area contributed by atoms with E-state index in [-0.39, 0.29) is 10.8 Å². The molecule has 1 aliphatic rings. The van der Waals surface area contributed by atoms with Crippen molar-refractivity contribution in [2.24, 2.45) is 0 Å². The van der Waals surface area contributed by atoms with Crippen LogP contribution in [-0.2, 0) is 19.6 Å². The number of sulfonamides is 1. The Morgan fingerprint density at radius 2 is 1.86 bits per heavy atom. The summed E-state index contributed by atoms with van der Waals surface area (Å²) in [6.45, 7) is 6.73. The molecule has 0 aromatic heterocycles. The van der Waals surface area contributed by atoms with Crippen LogP contribution in [0.4, 0.5) is 5.69 Å². The van der Waals surface area contributed by atoms with Crippen molar-refractivity contribution in [2.45, 2.75) is 31.8 Å². The molecule has 1 amide bonds. The number of nitrogens with one attached hydrogen (secondary N) is 1. The predicted molar refractivity (Wildman–Crippen MR) is 111 cm³/mol. The normalized spacial score (nSPS) is 16.2.